The molecule has 1 atom stereocenters. The van der Waals surface area contributed by atoms with Gasteiger partial charge in [0.2, 0.25) is 0 Å². The van der Waals surface area contributed by atoms with Gasteiger partial charge in [0.25, 0.3) is 0 Å². The predicted octanol–water partition coefficient (Wildman–Crippen LogP) is 0.983. The van der Waals surface area contributed by atoms with Crippen LogP contribution in [0.2, 0.25) is 0 Å². The van der Waals surface area contributed by atoms with Crippen LogP contribution in [-0.2, 0) is 6.54 Å². The summed E-state index contributed by atoms with van der Waals surface area (Å²) in [7, 11) is 4.00. The topological polar surface area (TPSA) is 59.0 Å². The van der Waals surface area contributed by atoms with Crippen LogP contribution in [0.25, 0.3) is 0 Å². The summed E-state index contributed by atoms with van der Waals surface area (Å²) in [6, 6.07) is 4.92. The average molecular weight is 374 g/mol. The second-order valence-corrected chi connectivity index (χ2v) is 7.55. The first-order chi connectivity index (χ1) is 13.2. The van der Waals surface area contributed by atoms with Gasteiger partial charge in [0.1, 0.15) is 5.82 Å². The highest BCUT2D eigenvalue weighted by Gasteiger charge is 2.22. The second-order valence-electron chi connectivity index (χ2n) is 7.55. The Balaban J connectivity index is 1.44. The van der Waals surface area contributed by atoms with E-state index in [4.69, 9.17) is 0 Å². The fourth-order valence-electron chi connectivity index (χ4n) is 3.91. The number of anilines is 1. The SMILES string of the molecule is CCN1CCCC1CNC(=NC)NCc1ccc(N2CCN(C)CC2)nc1. The zero-order chi connectivity index (χ0) is 19.1. The maximum atomic E-state index is 4.66. The van der Waals surface area contributed by atoms with E-state index in [-0.39, 0.29) is 0 Å². The molecule has 0 aliphatic carbocycles. The molecular weight excluding hydrogens is 338 g/mol. The largest absolute Gasteiger partial charge is 0.355 e. The Morgan fingerprint density at radius 3 is 2.67 bits per heavy atom. The van der Waals surface area contributed by atoms with Crippen LogP contribution in [0.5, 0.6) is 0 Å². The number of hydrogen-bond acceptors (Lipinski definition) is 5. The summed E-state index contributed by atoms with van der Waals surface area (Å²) >= 11 is 0. The lowest BCUT2D eigenvalue weighted by Gasteiger charge is -2.33. The molecule has 2 fully saturated rings. The molecular formula is C20H35N7. The first-order valence-corrected chi connectivity index (χ1v) is 10.3. The van der Waals surface area contributed by atoms with Crippen LogP contribution in [0, 0.1) is 0 Å². The van der Waals surface area contributed by atoms with Gasteiger partial charge < -0.3 is 20.4 Å². The Morgan fingerprint density at radius 2 is 2.00 bits per heavy atom. The molecule has 1 unspecified atom stereocenters. The molecule has 7 heteroatoms. The van der Waals surface area contributed by atoms with E-state index in [9.17, 15) is 0 Å². The summed E-state index contributed by atoms with van der Waals surface area (Å²) < 4.78 is 0. The monoisotopic (exact) mass is 373 g/mol. The number of piperazine rings is 1. The molecule has 2 aliphatic rings. The third kappa shape index (κ3) is 5.56. The molecule has 3 rings (SSSR count). The summed E-state index contributed by atoms with van der Waals surface area (Å²) in [6.45, 7) is 10.6. The van der Waals surface area contributed by atoms with Gasteiger partial charge in [-0.1, -0.05) is 13.0 Å². The molecule has 0 saturated carbocycles. The van der Waals surface area contributed by atoms with Gasteiger partial charge in [-0.05, 0) is 44.6 Å². The smallest absolute Gasteiger partial charge is 0.191 e. The van der Waals surface area contributed by atoms with Crippen LogP contribution in [0.15, 0.2) is 23.3 Å². The molecule has 0 radical (unpaired) electrons. The van der Waals surface area contributed by atoms with E-state index >= 15 is 0 Å². The maximum absolute atomic E-state index is 4.66. The Morgan fingerprint density at radius 1 is 1.19 bits per heavy atom. The molecule has 1 aromatic rings. The van der Waals surface area contributed by atoms with Crippen molar-refractivity contribution in [2.45, 2.75) is 32.4 Å². The first-order valence-electron chi connectivity index (χ1n) is 10.3. The molecule has 0 spiro atoms. The molecule has 150 valence electrons. The maximum Gasteiger partial charge on any atom is 0.191 e. The number of aliphatic imine (C=N–C) groups is 1. The van der Waals surface area contributed by atoms with E-state index in [0.29, 0.717) is 6.04 Å². The molecule has 27 heavy (non-hydrogen) atoms. The quantitative estimate of drug-likeness (QED) is 0.573. The number of hydrogen-bond donors (Lipinski definition) is 2. The summed E-state index contributed by atoms with van der Waals surface area (Å²) in [5.41, 5.74) is 1.17. The molecule has 0 bridgehead atoms. The fourth-order valence-corrected chi connectivity index (χ4v) is 3.91. The highest BCUT2D eigenvalue weighted by Crippen LogP contribution is 2.15. The molecule has 2 saturated heterocycles. The van der Waals surface area contributed by atoms with E-state index in [2.05, 4.69) is 61.4 Å². The van der Waals surface area contributed by atoms with Gasteiger partial charge in [0, 0.05) is 58.6 Å². The number of nitrogens with zero attached hydrogens (tertiary/aromatic N) is 5. The summed E-state index contributed by atoms with van der Waals surface area (Å²) in [4.78, 5) is 16.3. The van der Waals surface area contributed by atoms with Crippen LogP contribution < -0.4 is 15.5 Å². The second kappa shape index (κ2) is 9.90. The minimum absolute atomic E-state index is 0.623. The van der Waals surface area contributed by atoms with Crippen molar-refractivity contribution in [1.29, 1.82) is 0 Å². The molecule has 0 aromatic carbocycles. The van der Waals surface area contributed by atoms with Crippen molar-refractivity contribution < 1.29 is 0 Å². The molecule has 3 heterocycles. The van der Waals surface area contributed by atoms with Crippen molar-refractivity contribution in [3.05, 3.63) is 23.9 Å². The minimum atomic E-state index is 0.623. The van der Waals surface area contributed by atoms with E-state index in [1.54, 1.807) is 0 Å². The van der Waals surface area contributed by atoms with Gasteiger partial charge in [-0.3, -0.25) is 9.89 Å². The highest BCUT2D eigenvalue weighted by atomic mass is 15.3. The minimum Gasteiger partial charge on any atom is -0.355 e. The van der Waals surface area contributed by atoms with E-state index in [1.165, 1.54) is 24.9 Å². The van der Waals surface area contributed by atoms with Crippen molar-refractivity contribution in [3.8, 4) is 0 Å². The van der Waals surface area contributed by atoms with Crippen molar-refractivity contribution in [3.63, 3.8) is 0 Å². The van der Waals surface area contributed by atoms with E-state index < -0.39 is 0 Å². The van der Waals surface area contributed by atoms with Crippen molar-refractivity contribution >= 4 is 11.8 Å². The third-order valence-corrected chi connectivity index (χ3v) is 5.73. The number of likely N-dealkylation sites (tertiary alicyclic amines) is 1. The Kier molecular flexibility index (Phi) is 7.29. The Bertz CT molecular complexity index is 593. The third-order valence-electron chi connectivity index (χ3n) is 5.73. The van der Waals surface area contributed by atoms with Crippen molar-refractivity contribution in [2.75, 3.05) is 64.8 Å². The lowest BCUT2D eigenvalue weighted by molar-refractivity contribution is 0.267. The highest BCUT2D eigenvalue weighted by molar-refractivity contribution is 5.79. The zero-order valence-corrected chi connectivity index (χ0v) is 17.1. The van der Waals surface area contributed by atoms with Gasteiger partial charge in [-0.15, -0.1) is 0 Å². The lowest BCUT2D eigenvalue weighted by atomic mass is 10.2. The molecule has 2 N–H and O–H groups in total. The fraction of sp³-hybridized carbons (Fsp3) is 0.700. The van der Waals surface area contributed by atoms with Crippen LogP contribution in [0.3, 0.4) is 0 Å². The molecule has 7 nitrogen and oxygen atoms in total. The molecule has 2 aliphatic heterocycles. The van der Waals surface area contributed by atoms with Crippen LogP contribution >= 0.6 is 0 Å². The average Bonchev–Trinajstić information content (AvgIpc) is 3.17. The number of nitrogens with one attached hydrogen (secondary N) is 2. The summed E-state index contributed by atoms with van der Waals surface area (Å²) in [5, 5.41) is 6.88. The van der Waals surface area contributed by atoms with Crippen molar-refractivity contribution in [2.24, 2.45) is 4.99 Å². The Hall–Kier alpha value is -1.86. The number of rotatable bonds is 6. The van der Waals surface area contributed by atoms with Crippen molar-refractivity contribution in [1.82, 2.24) is 25.4 Å². The van der Waals surface area contributed by atoms with Gasteiger partial charge >= 0.3 is 0 Å². The van der Waals surface area contributed by atoms with Gasteiger partial charge in [-0.25, -0.2) is 4.98 Å². The van der Waals surface area contributed by atoms with Gasteiger partial charge in [-0.2, -0.15) is 0 Å². The Labute approximate surface area is 163 Å². The predicted molar refractivity (Wildman–Crippen MR) is 112 cm³/mol. The summed E-state index contributed by atoms with van der Waals surface area (Å²) in [6.07, 6.45) is 4.55. The molecule has 0 amide bonds. The van der Waals surface area contributed by atoms with Crippen LogP contribution in [0.4, 0.5) is 5.82 Å². The number of pyridine rings is 1. The van der Waals surface area contributed by atoms with E-state index in [0.717, 1.165) is 57.6 Å². The first kappa shape index (κ1) is 19.9. The number of likely N-dealkylation sites (N-methyl/N-ethyl adjacent to an activating group) is 2. The van der Waals surface area contributed by atoms with E-state index in [1.807, 2.05) is 13.2 Å². The van der Waals surface area contributed by atoms with Gasteiger partial charge in [0.15, 0.2) is 5.96 Å². The van der Waals surface area contributed by atoms with Gasteiger partial charge in [0.05, 0.1) is 0 Å². The van der Waals surface area contributed by atoms with Crippen LogP contribution in [0.1, 0.15) is 25.3 Å². The van der Waals surface area contributed by atoms with Crippen LogP contribution in [-0.4, -0.2) is 86.7 Å². The standard InChI is InChI=1S/C20H35N7/c1-4-26-9-5-6-18(26)16-24-20(21-2)23-15-17-7-8-19(22-14-17)27-12-10-25(3)11-13-27/h7-8,14,18H,4-6,9-13,15-16H2,1-3H3,(H2,21,23,24). The lowest BCUT2D eigenvalue weighted by Crippen LogP contribution is -2.45. The zero-order valence-electron chi connectivity index (χ0n) is 17.1. The molecule has 1 aromatic heterocycles. The summed E-state index contributed by atoms with van der Waals surface area (Å²) in [5.74, 6) is 1.94. The number of guanidine groups is 1. The normalized spacial score (nSPS) is 22.3. The number of aromatic nitrogens is 1.